The van der Waals surface area contributed by atoms with Crippen LogP contribution in [-0.2, 0) is 54.4 Å². The number of likely N-dealkylation sites (N-methyl/N-ethyl adjacent to an activating group) is 1. The molecule has 1 aliphatic heterocycles. The van der Waals surface area contributed by atoms with Gasteiger partial charge in [0.25, 0.3) is 0 Å². The van der Waals surface area contributed by atoms with E-state index in [1.54, 1.807) is 37.4 Å². The van der Waals surface area contributed by atoms with Crippen LogP contribution in [0.15, 0.2) is 30.3 Å². The van der Waals surface area contributed by atoms with Gasteiger partial charge in [0.05, 0.1) is 42.3 Å². The molecule has 16 atom stereocenters. The second-order valence-corrected chi connectivity index (χ2v) is 23.1. The highest BCUT2D eigenvalue weighted by molar-refractivity contribution is 7.25. The number of Topliss-reactive ketones (excluding diaryl/α,β-unsaturated/α-hetero) is 3. The zero-order chi connectivity index (χ0) is 60.6. The smallest absolute Gasteiger partial charge is 0.245 e. The Morgan fingerprint density at radius 3 is 1.73 bits per heavy atom. The van der Waals surface area contributed by atoms with E-state index in [0.29, 0.717) is 18.5 Å². The highest BCUT2D eigenvalue weighted by atomic mass is 31.1. The molecule has 0 radical (unpaired) electrons. The van der Waals surface area contributed by atoms with Crippen LogP contribution in [0.1, 0.15) is 97.5 Å². The Morgan fingerprint density at radius 2 is 1.20 bits per heavy atom. The molecule has 0 saturated carbocycles. The Kier molecular flexibility index (Phi) is 36.4. The number of hydrogen-bond donors (Lipinski definition) is 15. The van der Waals surface area contributed by atoms with Gasteiger partial charge in [0.1, 0.15) is 18.1 Å². The molecule has 1 aromatic carbocycles. The van der Waals surface area contributed by atoms with Crippen LogP contribution in [0.4, 0.5) is 0 Å². The minimum Gasteiger partial charge on any atom is -0.393 e. The van der Waals surface area contributed by atoms with Crippen molar-refractivity contribution >= 4 is 105 Å². The fourth-order valence-electron chi connectivity index (χ4n) is 9.05. The van der Waals surface area contributed by atoms with Gasteiger partial charge in [0.15, 0.2) is 17.3 Å². The summed E-state index contributed by atoms with van der Waals surface area (Å²) in [6, 6.07) is 0.0571. The van der Waals surface area contributed by atoms with E-state index in [1.807, 2.05) is 13.8 Å². The van der Waals surface area contributed by atoms with Gasteiger partial charge in [-0.15, -0.1) is 0 Å². The summed E-state index contributed by atoms with van der Waals surface area (Å²) in [5.41, 5.74) is 0.659. The van der Waals surface area contributed by atoms with Crippen LogP contribution in [0.25, 0.3) is 0 Å². The normalized spacial score (nSPS) is 23.5. The first-order valence-electron chi connectivity index (χ1n) is 27.4. The molecule has 81 heavy (non-hydrogen) atoms. The van der Waals surface area contributed by atoms with Crippen molar-refractivity contribution in [1.29, 1.82) is 5.16 Å². The molecular formula is C51H90N13O12P5. The van der Waals surface area contributed by atoms with E-state index in [4.69, 9.17) is 5.16 Å². The van der Waals surface area contributed by atoms with Crippen molar-refractivity contribution in [2.24, 2.45) is 23.7 Å². The van der Waals surface area contributed by atoms with Gasteiger partial charge in [-0.25, -0.2) is 0 Å². The van der Waals surface area contributed by atoms with Gasteiger partial charge in [-0.3, -0.25) is 53.1 Å². The highest BCUT2D eigenvalue weighted by Gasteiger charge is 2.38. The first kappa shape index (κ1) is 73.2. The molecule has 25 nitrogen and oxygen atoms in total. The van der Waals surface area contributed by atoms with E-state index in [1.165, 1.54) is 13.8 Å². The number of rotatable bonds is 28. The number of hydrogen-bond acceptors (Lipinski definition) is 18. The van der Waals surface area contributed by atoms with Crippen LogP contribution in [0.3, 0.4) is 0 Å². The molecule has 2 rings (SSSR count). The monoisotopic (exact) mass is 1230 g/mol. The van der Waals surface area contributed by atoms with Crippen molar-refractivity contribution < 1.29 is 58.2 Å². The molecule has 1 aliphatic rings. The minimum absolute atomic E-state index is 0.000568. The standard InChI is InChI=1S/C51H90N13O12P5/c1-28(2)23-39-42(68)26-33(12-19-56-78)45(70)59-36(16-22-81-52)43(69)27-34(29(3)65)47(72)54-17-13-35(41(67)25-32(11-18-55-77)46(71)63-40(50(75)62-39)24-31-9-7-6-8-10-31)60-49(74)38(15-21-58-80)61-51(76)44(30(4)66)64-48(73)37(53-5)14-20-57-79/h6-10,28-30,32-40,44,52-53,55-58,65-66H,11-27,77-80H2,1-5H3,(H,54,72)(H,59,70)(H,60,74)(H,61,76)(H,62,75)(H,63,71)(H,64,73). The number of carbonyl (C=O) groups is 10. The molecule has 0 aliphatic carbocycles. The van der Waals surface area contributed by atoms with Crippen molar-refractivity contribution in [3.8, 4) is 0 Å². The molecule has 16 unspecified atom stereocenters. The van der Waals surface area contributed by atoms with Gasteiger partial charge in [0.2, 0.25) is 41.4 Å². The zero-order valence-corrected chi connectivity index (χ0v) is 52.7. The summed E-state index contributed by atoms with van der Waals surface area (Å²) in [6.07, 6.45) is -3.84. The maximum absolute atomic E-state index is 14.8. The van der Waals surface area contributed by atoms with Gasteiger partial charge in [-0.05, 0) is 98.8 Å². The fraction of sp³-hybridized carbons (Fsp3) is 0.686. The molecule has 0 spiro atoms. The van der Waals surface area contributed by atoms with Crippen LogP contribution >= 0.6 is 45.9 Å². The first-order chi connectivity index (χ1) is 38.5. The van der Waals surface area contributed by atoms with Crippen molar-refractivity contribution in [1.82, 2.24) is 62.9 Å². The lowest BCUT2D eigenvalue weighted by Gasteiger charge is -2.28. The third-order valence-corrected chi connectivity index (χ3v) is 15.4. The van der Waals surface area contributed by atoms with Gasteiger partial charge < -0.3 is 73.1 Å². The second kappa shape index (κ2) is 40.3. The first-order valence-corrected chi connectivity index (χ1v) is 30.8. The predicted molar refractivity (Wildman–Crippen MR) is 323 cm³/mol. The molecule has 15 N–H and O–H groups in total. The average molecular weight is 1230 g/mol. The molecular weight excluding hydrogens is 1140 g/mol. The van der Waals surface area contributed by atoms with E-state index < -0.39 is 144 Å². The van der Waals surface area contributed by atoms with Gasteiger partial charge in [-0.1, -0.05) is 81.7 Å². The van der Waals surface area contributed by atoms with Gasteiger partial charge in [-0.2, -0.15) is 0 Å². The van der Waals surface area contributed by atoms with Crippen LogP contribution in [0, 0.1) is 28.8 Å². The van der Waals surface area contributed by atoms with Crippen LogP contribution < -0.4 is 62.9 Å². The quantitative estimate of drug-likeness (QED) is 0.0446. The third-order valence-electron chi connectivity index (χ3n) is 13.8. The number of aliphatic hydroxyl groups excluding tert-OH is 2. The zero-order valence-electron chi connectivity index (χ0n) is 47.1. The molecule has 7 amide bonds. The second-order valence-electron chi connectivity index (χ2n) is 20.7. The minimum atomic E-state index is -1.52. The van der Waals surface area contributed by atoms with Crippen molar-refractivity contribution in [3.05, 3.63) is 35.9 Å². The third kappa shape index (κ3) is 27.1. The Morgan fingerprint density at radius 1 is 0.654 bits per heavy atom. The molecule has 0 aromatic heterocycles. The maximum atomic E-state index is 14.8. The molecule has 1 aromatic rings. The van der Waals surface area contributed by atoms with Crippen molar-refractivity contribution in [2.45, 2.75) is 153 Å². The van der Waals surface area contributed by atoms with E-state index in [-0.39, 0.29) is 98.0 Å². The lowest BCUT2D eigenvalue weighted by atomic mass is 9.89. The Balaban J connectivity index is 2.81. The number of aliphatic hydroxyl groups is 2. The summed E-state index contributed by atoms with van der Waals surface area (Å²) in [7, 11) is 11.0. The van der Waals surface area contributed by atoms with Gasteiger partial charge in [0, 0.05) is 63.3 Å². The van der Waals surface area contributed by atoms with E-state index in [9.17, 15) is 58.2 Å². The van der Waals surface area contributed by atoms with Gasteiger partial charge >= 0.3 is 0 Å². The van der Waals surface area contributed by atoms with Crippen molar-refractivity contribution in [2.75, 3.05) is 45.9 Å². The number of carbonyl (C=O) groups excluding carboxylic acids is 10. The molecule has 0 bridgehead atoms. The summed E-state index contributed by atoms with van der Waals surface area (Å²) < 4.78 is 0. The summed E-state index contributed by atoms with van der Waals surface area (Å²) in [4.78, 5) is 142. The summed E-state index contributed by atoms with van der Waals surface area (Å²) >= 11 is 0. The lowest BCUT2D eigenvalue weighted by Crippen LogP contribution is -2.60. The van der Waals surface area contributed by atoms with Crippen LogP contribution in [-0.4, -0.2) is 169 Å². The number of benzene rings is 1. The van der Waals surface area contributed by atoms with E-state index >= 15 is 0 Å². The Labute approximate surface area is 487 Å². The van der Waals surface area contributed by atoms with E-state index in [0.717, 1.165) is 0 Å². The predicted octanol–water partition coefficient (Wildman–Crippen LogP) is -1.04. The van der Waals surface area contributed by atoms with E-state index in [2.05, 4.69) is 100 Å². The Bertz CT molecular complexity index is 2210. The maximum Gasteiger partial charge on any atom is 0.245 e. The van der Waals surface area contributed by atoms with Crippen LogP contribution in [0.2, 0.25) is 0 Å². The highest BCUT2D eigenvalue weighted by Crippen LogP contribution is 2.20. The number of amides is 7. The molecule has 1 fully saturated rings. The lowest BCUT2D eigenvalue weighted by molar-refractivity contribution is -0.136. The molecule has 456 valence electrons. The Hall–Kier alpha value is -3.94. The summed E-state index contributed by atoms with van der Waals surface area (Å²) in [5.74, 6) is -10.7. The van der Waals surface area contributed by atoms with Crippen molar-refractivity contribution in [3.63, 3.8) is 0 Å². The number of ketones is 3. The topological polar surface area (TPSA) is 379 Å². The largest absolute Gasteiger partial charge is 0.393 e. The SMILES string of the molecule is CNC(CCNP)C(=O)NC(C(=O)NC(CCNP)C(=O)NC1CCNC(=O)C(C(C)O)CC(=O)C(CCP=N)NC(=O)C(CCNP)CC(=O)C(CC(C)C)NC(=O)C(Cc2ccccc2)NC(=O)C(CCNP)CC1=O)C(C)O. The average Bonchev–Trinajstić information content (AvgIpc) is 3.43. The summed E-state index contributed by atoms with van der Waals surface area (Å²) in [5, 5.41) is 62.7. The molecule has 30 heteroatoms. The van der Waals surface area contributed by atoms with Crippen LogP contribution in [0.5, 0.6) is 0 Å². The number of nitrogens with one attached hydrogen (secondary N) is 13. The molecule has 1 heterocycles. The summed E-state index contributed by atoms with van der Waals surface area (Å²) in [6.45, 7) is 6.99. The molecule has 1 saturated heterocycles. The fourth-order valence-corrected chi connectivity index (χ4v) is 10.1.